The smallest absolute Gasteiger partial charge is 0.243 e. The molecule has 1 aromatic rings. The monoisotopic (exact) mass is 386 g/mol. The average Bonchev–Trinajstić information content (AvgIpc) is 2.77. The lowest BCUT2D eigenvalue weighted by molar-refractivity contribution is 0.539. The quantitative estimate of drug-likeness (QED) is 0.834. The number of hydrogen-bond acceptors (Lipinski definition) is 3. The van der Waals surface area contributed by atoms with Crippen LogP contribution in [-0.4, -0.2) is 28.1 Å². The molecule has 1 aromatic carbocycles. The number of benzene rings is 1. The van der Waals surface area contributed by atoms with Gasteiger partial charge in [0.15, 0.2) is 0 Å². The normalized spacial score (nSPS) is 19.8. The summed E-state index contributed by atoms with van der Waals surface area (Å²) in [5.41, 5.74) is 0. The lowest BCUT2D eigenvalue weighted by Gasteiger charge is -2.13. The minimum Gasteiger partial charge on any atom is -0.316 e. The van der Waals surface area contributed by atoms with Crippen molar-refractivity contribution in [3.05, 3.63) is 26.7 Å². The number of nitrogens with one attached hydrogen (secondary N) is 2. The first-order chi connectivity index (χ1) is 8.90. The van der Waals surface area contributed by atoms with Crippen LogP contribution in [-0.2, 0) is 10.0 Å². The van der Waals surface area contributed by atoms with Crippen LogP contribution in [0.2, 0.25) is 10.0 Å². The van der Waals surface area contributed by atoms with Crippen molar-refractivity contribution in [3.63, 3.8) is 0 Å². The molecule has 106 valence electrons. The largest absolute Gasteiger partial charge is 0.316 e. The van der Waals surface area contributed by atoms with E-state index in [-0.39, 0.29) is 14.9 Å². The highest BCUT2D eigenvalue weighted by Gasteiger charge is 2.24. The zero-order chi connectivity index (χ0) is 14.0. The maximum Gasteiger partial charge on any atom is 0.243 e. The molecule has 8 heteroatoms. The minimum atomic E-state index is -3.69. The van der Waals surface area contributed by atoms with Crippen LogP contribution in [0.1, 0.15) is 6.42 Å². The van der Waals surface area contributed by atoms with E-state index in [4.69, 9.17) is 23.2 Å². The molecule has 1 fully saturated rings. The van der Waals surface area contributed by atoms with Gasteiger partial charge >= 0.3 is 0 Å². The van der Waals surface area contributed by atoms with Gasteiger partial charge in [0.05, 0.1) is 10.0 Å². The first kappa shape index (κ1) is 15.5. The molecule has 2 rings (SSSR count). The fraction of sp³-hybridized carbons (Fsp3) is 0.455. The minimum absolute atomic E-state index is 0.0648. The molecule has 0 aromatic heterocycles. The van der Waals surface area contributed by atoms with E-state index in [1.165, 1.54) is 12.1 Å². The molecular weight excluding hydrogens is 375 g/mol. The first-order valence-corrected chi connectivity index (χ1v) is 8.78. The summed E-state index contributed by atoms with van der Waals surface area (Å²) in [6.07, 6.45) is 0.963. The summed E-state index contributed by atoms with van der Waals surface area (Å²) in [6, 6.07) is 3.03. The molecule has 0 amide bonds. The molecule has 0 saturated carbocycles. The Morgan fingerprint density at radius 2 is 2.00 bits per heavy atom. The van der Waals surface area contributed by atoms with Gasteiger partial charge in [-0.15, -0.1) is 0 Å². The van der Waals surface area contributed by atoms with E-state index in [9.17, 15) is 8.42 Å². The molecule has 0 radical (unpaired) electrons. The third-order valence-corrected chi connectivity index (χ3v) is 5.76. The molecule has 0 aliphatic carbocycles. The predicted octanol–water partition coefficient (Wildman–Crippen LogP) is 2.64. The molecule has 0 bridgehead atoms. The highest BCUT2D eigenvalue weighted by molar-refractivity contribution is 9.10. The number of hydrogen-bond donors (Lipinski definition) is 2. The van der Waals surface area contributed by atoms with E-state index >= 15 is 0 Å². The van der Waals surface area contributed by atoms with E-state index in [2.05, 4.69) is 26.0 Å². The second kappa shape index (κ2) is 6.28. The molecule has 0 spiro atoms. The summed E-state index contributed by atoms with van der Waals surface area (Å²) in [4.78, 5) is -0.0648. The van der Waals surface area contributed by atoms with Gasteiger partial charge < -0.3 is 5.32 Å². The van der Waals surface area contributed by atoms with Crippen molar-refractivity contribution in [2.75, 3.05) is 19.6 Å². The van der Waals surface area contributed by atoms with Crippen LogP contribution in [0.3, 0.4) is 0 Å². The highest BCUT2D eigenvalue weighted by atomic mass is 79.9. The number of sulfonamides is 1. The van der Waals surface area contributed by atoms with Crippen LogP contribution in [0.4, 0.5) is 0 Å². The second-order valence-electron chi connectivity index (χ2n) is 4.41. The van der Waals surface area contributed by atoms with Crippen LogP contribution >= 0.6 is 39.1 Å². The standard InChI is InChI=1S/C11H13BrCl2N2O2S/c12-8-3-9(13)11(10(14)4-8)19(17,18)16-6-7-1-2-15-5-7/h3-4,7,15-16H,1-2,5-6H2. The van der Waals surface area contributed by atoms with Gasteiger partial charge in [0, 0.05) is 11.0 Å². The SMILES string of the molecule is O=S(=O)(NCC1CCNC1)c1c(Cl)cc(Br)cc1Cl. The Balaban J connectivity index is 2.19. The lowest BCUT2D eigenvalue weighted by Crippen LogP contribution is -2.30. The van der Waals surface area contributed by atoms with Gasteiger partial charge in [-0.1, -0.05) is 39.1 Å². The van der Waals surface area contributed by atoms with Gasteiger partial charge in [0.1, 0.15) is 4.90 Å². The Morgan fingerprint density at radius 3 is 2.53 bits per heavy atom. The van der Waals surface area contributed by atoms with Crippen LogP contribution < -0.4 is 10.0 Å². The summed E-state index contributed by atoms with van der Waals surface area (Å²) in [5, 5.41) is 3.40. The number of rotatable bonds is 4. The molecule has 2 N–H and O–H groups in total. The molecule has 1 unspecified atom stereocenters. The third kappa shape index (κ3) is 3.83. The van der Waals surface area contributed by atoms with Gasteiger partial charge in [-0.2, -0.15) is 0 Å². The maximum atomic E-state index is 12.2. The molecule has 1 saturated heterocycles. The van der Waals surface area contributed by atoms with Crippen LogP contribution in [0.5, 0.6) is 0 Å². The van der Waals surface area contributed by atoms with E-state index in [1.807, 2.05) is 0 Å². The van der Waals surface area contributed by atoms with Crippen molar-refractivity contribution in [1.82, 2.24) is 10.0 Å². The summed E-state index contributed by atoms with van der Waals surface area (Å²) in [7, 11) is -3.69. The van der Waals surface area contributed by atoms with Crippen LogP contribution in [0.15, 0.2) is 21.5 Å². The fourth-order valence-corrected chi connectivity index (χ4v) is 5.02. The zero-order valence-electron chi connectivity index (χ0n) is 9.92. The Labute approximate surface area is 131 Å². The van der Waals surface area contributed by atoms with Gasteiger partial charge in [-0.25, -0.2) is 13.1 Å². The van der Waals surface area contributed by atoms with Crippen molar-refractivity contribution < 1.29 is 8.42 Å². The topological polar surface area (TPSA) is 58.2 Å². The fourth-order valence-electron chi connectivity index (χ4n) is 1.97. The maximum absolute atomic E-state index is 12.2. The Morgan fingerprint density at radius 1 is 1.37 bits per heavy atom. The van der Waals surface area contributed by atoms with Crippen LogP contribution in [0, 0.1) is 5.92 Å². The van der Waals surface area contributed by atoms with Gasteiger partial charge in [0.25, 0.3) is 0 Å². The van der Waals surface area contributed by atoms with Crippen molar-refractivity contribution in [2.45, 2.75) is 11.3 Å². The van der Waals surface area contributed by atoms with Crippen molar-refractivity contribution >= 4 is 49.2 Å². The molecule has 19 heavy (non-hydrogen) atoms. The molecule has 4 nitrogen and oxygen atoms in total. The second-order valence-corrected chi connectivity index (χ2v) is 7.84. The van der Waals surface area contributed by atoms with E-state index in [0.29, 0.717) is 16.9 Å². The molecule has 1 heterocycles. The summed E-state index contributed by atoms with van der Waals surface area (Å²) in [5.74, 6) is 0.308. The van der Waals surface area contributed by atoms with Gasteiger partial charge in [-0.05, 0) is 37.6 Å². The molecular formula is C11H13BrCl2N2O2S. The molecule has 1 aliphatic heterocycles. The van der Waals surface area contributed by atoms with Crippen molar-refractivity contribution in [2.24, 2.45) is 5.92 Å². The summed E-state index contributed by atoms with van der Waals surface area (Å²) >= 11 is 15.2. The van der Waals surface area contributed by atoms with E-state index in [1.54, 1.807) is 0 Å². The Bertz CT molecular complexity index is 551. The molecule has 1 atom stereocenters. The van der Waals surface area contributed by atoms with Crippen molar-refractivity contribution in [3.8, 4) is 0 Å². The van der Waals surface area contributed by atoms with Gasteiger partial charge in [0.2, 0.25) is 10.0 Å². The average molecular weight is 388 g/mol. The van der Waals surface area contributed by atoms with E-state index < -0.39 is 10.0 Å². The van der Waals surface area contributed by atoms with Crippen molar-refractivity contribution in [1.29, 1.82) is 0 Å². The van der Waals surface area contributed by atoms with Gasteiger partial charge in [-0.3, -0.25) is 0 Å². The summed E-state index contributed by atoms with van der Waals surface area (Å²) < 4.78 is 27.7. The highest BCUT2D eigenvalue weighted by Crippen LogP contribution is 2.32. The Hall–Kier alpha value is 0.150. The third-order valence-electron chi connectivity index (χ3n) is 2.96. The lowest BCUT2D eigenvalue weighted by atomic mass is 10.1. The molecule has 1 aliphatic rings. The summed E-state index contributed by atoms with van der Waals surface area (Å²) in [6.45, 7) is 2.13. The van der Waals surface area contributed by atoms with Crippen LogP contribution in [0.25, 0.3) is 0 Å². The predicted molar refractivity (Wildman–Crippen MR) is 80.3 cm³/mol. The first-order valence-electron chi connectivity index (χ1n) is 5.75. The Kier molecular flexibility index (Phi) is 5.14. The number of halogens is 3. The zero-order valence-corrected chi connectivity index (χ0v) is 13.8. The van der Waals surface area contributed by atoms with E-state index in [0.717, 1.165) is 19.5 Å².